The summed E-state index contributed by atoms with van der Waals surface area (Å²) < 4.78 is 27.3. The quantitative estimate of drug-likeness (QED) is 0.544. The first-order chi connectivity index (χ1) is 14.1. The maximum absolute atomic E-state index is 12.4. The molecule has 0 saturated heterocycles. The van der Waals surface area contributed by atoms with Crippen molar-refractivity contribution in [3.05, 3.63) is 42.6 Å². The van der Waals surface area contributed by atoms with E-state index in [-0.39, 0.29) is 23.0 Å². The highest BCUT2D eigenvalue weighted by atomic mass is 32.2. The summed E-state index contributed by atoms with van der Waals surface area (Å²) in [7, 11) is -3.43. The van der Waals surface area contributed by atoms with E-state index in [9.17, 15) is 13.2 Å². The van der Waals surface area contributed by atoms with Gasteiger partial charge in [-0.15, -0.1) is 0 Å². The lowest BCUT2D eigenvalue weighted by molar-refractivity contribution is -0.117. The third kappa shape index (κ3) is 4.81. The number of aromatic amines is 1. The van der Waals surface area contributed by atoms with Gasteiger partial charge in [-0.3, -0.25) is 9.52 Å². The first kappa shape index (κ1) is 20.4. The number of aromatic nitrogens is 2. The monoisotopic (exact) mass is 426 g/mol. The van der Waals surface area contributed by atoms with Crippen molar-refractivity contribution in [3.63, 3.8) is 0 Å². The second-order valence-electron chi connectivity index (χ2n) is 9.06. The maximum Gasteiger partial charge on any atom is 0.233 e. The second kappa shape index (κ2) is 7.43. The summed E-state index contributed by atoms with van der Waals surface area (Å²) in [4.78, 5) is 19.7. The van der Waals surface area contributed by atoms with E-state index in [0.29, 0.717) is 17.2 Å². The van der Waals surface area contributed by atoms with Gasteiger partial charge in [0.05, 0.1) is 5.75 Å². The first-order valence-electron chi connectivity index (χ1n) is 10.00. The van der Waals surface area contributed by atoms with Crippen molar-refractivity contribution in [1.82, 2.24) is 9.97 Å². The molecule has 1 fully saturated rings. The van der Waals surface area contributed by atoms with Gasteiger partial charge in [0.2, 0.25) is 15.9 Å². The molecule has 0 spiro atoms. The molecule has 1 aromatic carbocycles. The number of anilines is 2. The molecule has 8 heteroatoms. The van der Waals surface area contributed by atoms with Crippen LogP contribution in [-0.4, -0.2) is 30.0 Å². The van der Waals surface area contributed by atoms with Gasteiger partial charge in [0.25, 0.3) is 0 Å². The molecule has 158 valence electrons. The number of benzene rings is 1. The Hall–Kier alpha value is -2.87. The zero-order chi connectivity index (χ0) is 21.5. The molecular weight excluding hydrogens is 400 g/mol. The van der Waals surface area contributed by atoms with Crippen LogP contribution in [0.1, 0.15) is 33.6 Å². The fourth-order valence-corrected chi connectivity index (χ4v) is 5.13. The largest absolute Gasteiger partial charge is 0.346 e. The Balaban J connectivity index is 1.60. The van der Waals surface area contributed by atoms with E-state index in [2.05, 4.69) is 20.0 Å². The Morgan fingerprint density at radius 1 is 1.17 bits per heavy atom. The second-order valence-corrected chi connectivity index (χ2v) is 10.8. The number of hydrogen-bond donors (Lipinski definition) is 3. The van der Waals surface area contributed by atoms with Gasteiger partial charge in [0.1, 0.15) is 11.5 Å². The molecule has 1 aliphatic carbocycles. The van der Waals surface area contributed by atoms with Gasteiger partial charge in [-0.2, -0.15) is 0 Å². The zero-order valence-corrected chi connectivity index (χ0v) is 18.1. The van der Waals surface area contributed by atoms with Crippen molar-refractivity contribution in [2.45, 2.75) is 33.6 Å². The third-order valence-electron chi connectivity index (χ3n) is 4.82. The Morgan fingerprint density at radius 2 is 1.87 bits per heavy atom. The number of hydrogen-bond acceptors (Lipinski definition) is 4. The highest BCUT2D eigenvalue weighted by Gasteiger charge is 2.30. The molecule has 3 aromatic rings. The number of carbonyl (C=O) groups excluding carboxylic acids is 1. The van der Waals surface area contributed by atoms with Crippen LogP contribution >= 0.6 is 0 Å². The number of H-pyrrole nitrogens is 1. The molecule has 0 radical (unpaired) electrons. The van der Waals surface area contributed by atoms with Gasteiger partial charge in [-0.05, 0) is 53.6 Å². The fourth-order valence-electron chi connectivity index (χ4n) is 3.42. The van der Waals surface area contributed by atoms with Crippen LogP contribution in [0.15, 0.2) is 42.6 Å². The van der Waals surface area contributed by atoms with E-state index in [4.69, 9.17) is 0 Å². The molecule has 2 aromatic heterocycles. The number of sulfonamides is 1. The Bertz CT molecular complexity index is 1190. The lowest BCUT2D eigenvalue weighted by Gasteiger charge is -2.19. The first-order valence-corrected chi connectivity index (χ1v) is 11.6. The van der Waals surface area contributed by atoms with E-state index in [1.165, 1.54) is 0 Å². The number of amides is 1. The lowest BCUT2D eigenvalue weighted by Crippen LogP contribution is -2.26. The van der Waals surface area contributed by atoms with Crippen LogP contribution < -0.4 is 10.0 Å². The fraction of sp³-hybridized carbons (Fsp3) is 0.364. The SMILES string of the molecule is CC(C)(C)CS(=O)(=O)Nc1ccc(-c2cc(NC(=O)C3CC3)nc3[nH]ccc23)cc1. The van der Waals surface area contributed by atoms with Crippen molar-refractivity contribution in [2.75, 3.05) is 15.8 Å². The van der Waals surface area contributed by atoms with Crippen LogP contribution in [0.5, 0.6) is 0 Å². The molecule has 30 heavy (non-hydrogen) atoms. The van der Waals surface area contributed by atoms with Crippen molar-refractivity contribution in [1.29, 1.82) is 0 Å². The summed E-state index contributed by atoms with van der Waals surface area (Å²) in [6.07, 6.45) is 3.66. The molecule has 1 saturated carbocycles. The van der Waals surface area contributed by atoms with Gasteiger partial charge in [-0.1, -0.05) is 32.9 Å². The van der Waals surface area contributed by atoms with Gasteiger partial charge in [0.15, 0.2) is 0 Å². The van der Waals surface area contributed by atoms with E-state index in [0.717, 1.165) is 29.4 Å². The number of rotatable bonds is 6. The van der Waals surface area contributed by atoms with E-state index in [1.807, 2.05) is 51.2 Å². The summed E-state index contributed by atoms with van der Waals surface area (Å²) in [6, 6.07) is 11.0. The minimum Gasteiger partial charge on any atom is -0.346 e. The molecule has 3 N–H and O–H groups in total. The van der Waals surface area contributed by atoms with Crippen molar-refractivity contribution in [3.8, 4) is 11.1 Å². The number of pyridine rings is 1. The molecule has 1 amide bonds. The Labute approximate surface area is 176 Å². The number of carbonyl (C=O) groups is 1. The number of nitrogens with one attached hydrogen (secondary N) is 3. The van der Waals surface area contributed by atoms with Crippen molar-refractivity contribution >= 4 is 38.5 Å². The van der Waals surface area contributed by atoms with Crippen molar-refractivity contribution in [2.24, 2.45) is 11.3 Å². The maximum atomic E-state index is 12.4. The molecule has 1 aliphatic rings. The van der Waals surface area contributed by atoms with Crippen molar-refractivity contribution < 1.29 is 13.2 Å². The normalized spacial score (nSPS) is 14.6. The van der Waals surface area contributed by atoms with Crippen LogP contribution in [0, 0.1) is 11.3 Å². The molecule has 0 aliphatic heterocycles. The minimum absolute atomic E-state index is 0.00274. The molecular formula is C22H26N4O3S. The van der Waals surface area contributed by atoms with Crippen LogP contribution in [0.3, 0.4) is 0 Å². The van der Waals surface area contributed by atoms with Crippen LogP contribution in [0.25, 0.3) is 22.2 Å². The highest BCUT2D eigenvalue weighted by Crippen LogP contribution is 2.33. The Kier molecular flexibility index (Phi) is 5.05. The highest BCUT2D eigenvalue weighted by molar-refractivity contribution is 7.92. The van der Waals surface area contributed by atoms with E-state index < -0.39 is 10.0 Å². The summed E-state index contributed by atoms with van der Waals surface area (Å²) in [5, 5.41) is 3.83. The summed E-state index contributed by atoms with van der Waals surface area (Å²) in [6.45, 7) is 5.67. The van der Waals surface area contributed by atoms with E-state index in [1.54, 1.807) is 12.1 Å². The molecule has 2 heterocycles. The average molecular weight is 427 g/mol. The number of nitrogens with zero attached hydrogens (tertiary/aromatic N) is 1. The van der Waals surface area contributed by atoms with Gasteiger partial charge in [0, 0.05) is 23.2 Å². The zero-order valence-electron chi connectivity index (χ0n) is 17.3. The van der Waals surface area contributed by atoms with Gasteiger partial charge >= 0.3 is 0 Å². The van der Waals surface area contributed by atoms with Crippen LogP contribution in [0.2, 0.25) is 0 Å². The average Bonchev–Trinajstić information content (AvgIpc) is 3.38. The van der Waals surface area contributed by atoms with Crippen LogP contribution in [-0.2, 0) is 14.8 Å². The van der Waals surface area contributed by atoms with E-state index >= 15 is 0 Å². The summed E-state index contributed by atoms with van der Waals surface area (Å²) in [5.74, 6) is 0.643. The molecule has 0 unspecified atom stereocenters. The molecule has 4 rings (SSSR count). The predicted molar refractivity (Wildman–Crippen MR) is 120 cm³/mol. The third-order valence-corrected chi connectivity index (χ3v) is 6.61. The van der Waals surface area contributed by atoms with Crippen LogP contribution in [0.4, 0.5) is 11.5 Å². The topological polar surface area (TPSA) is 104 Å². The predicted octanol–water partition coefficient (Wildman–Crippen LogP) is 4.37. The summed E-state index contributed by atoms with van der Waals surface area (Å²) in [5.41, 5.74) is 2.70. The lowest BCUT2D eigenvalue weighted by atomic mass is 10.0. The molecule has 0 atom stereocenters. The standard InChI is InChI=1S/C22H26N4O3S/c1-22(2,3)13-30(28,29)26-16-8-6-14(7-9-16)18-12-19(25-21(27)15-4-5-15)24-20-17(18)10-11-23-20/h6-12,15,26H,4-5,13H2,1-3H3,(H2,23,24,25,27). The summed E-state index contributed by atoms with van der Waals surface area (Å²) >= 11 is 0. The number of fused-ring (bicyclic) bond motifs is 1. The minimum atomic E-state index is -3.43. The van der Waals surface area contributed by atoms with Gasteiger partial charge in [-0.25, -0.2) is 13.4 Å². The smallest absolute Gasteiger partial charge is 0.233 e. The van der Waals surface area contributed by atoms with Gasteiger partial charge < -0.3 is 10.3 Å². The Morgan fingerprint density at radius 3 is 2.50 bits per heavy atom. The molecule has 7 nitrogen and oxygen atoms in total. The molecule has 0 bridgehead atoms.